The molecule has 3 N–H and O–H groups in total. The number of hydrogen-bond acceptors (Lipinski definition) is 4. The average molecular weight is 295 g/mol. The van der Waals surface area contributed by atoms with Gasteiger partial charge >= 0.3 is 0 Å². The summed E-state index contributed by atoms with van der Waals surface area (Å²) in [5, 5.41) is 0. The molecule has 1 heterocycles. The topological polar surface area (TPSA) is 85.1 Å². The molecule has 0 spiro atoms. The Morgan fingerprint density at radius 3 is 2.75 bits per heavy atom. The molecule has 7 heteroatoms. The number of pyridine rings is 1. The Hall–Kier alpha value is -1.99. The van der Waals surface area contributed by atoms with Gasteiger partial charge in [-0.2, -0.15) is 0 Å². The molecule has 0 aliphatic carbocycles. The molecular formula is C13H14FN3O2S. The minimum Gasteiger partial charge on any atom is -0.398 e. The molecule has 20 heavy (non-hydrogen) atoms. The van der Waals surface area contributed by atoms with Gasteiger partial charge in [0.1, 0.15) is 10.7 Å². The number of aromatic nitrogens is 1. The lowest BCUT2D eigenvalue weighted by molar-refractivity contribution is 0.578. The number of nitrogens with zero attached hydrogens (tertiary/aromatic N) is 1. The first-order valence-corrected chi connectivity index (χ1v) is 7.42. The van der Waals surface area contributed by atoms with Gasteiger partial charge in [-0.25, -0.2) is 17.5 Å². The Balaban J connectivity index is 2.06. The summed E-state index contributed by atoms with van der Waals surface area (Å²) in [5.41, 5.74) is 6.34. The van der Waals surface area contributed by atoms with Crippen LogP contribution in [-0.4, -0.2) is 19.9 Å². The van der Waals surface area contributed by atoms with Gasteiger partial charge in [0.25, 0.3) is 0 Å². The standard InChI is InChI=1S/C13H14FN3O2S/c14-10-4-5-12(15)13(9-10)20(18,19)17-8-6-11-3-1-2-7-16-11/h1-5,7,9,17H,6,8,15H2. The van der Waals surface area contributed by atoms with Gasteiger partial charge in [-0.15, -0.1) is 0 Å². The number of halogens is 1. The normalized spacial score (nSPS) is 11.4. The van der Waals surface area contributed by atoms with Crippen LogP contribution in [0, 0.1) is 5.82 Å². The third-order valence-corrected chi connectivity index (χ3v) is 4.18. The van der Waals surface area contributed by atoms with Crippen molar-refractivity contribution in [2.75, 3.05) is 12.3 Å². The summed E-state index contributed by atoms with van der Waals surface area (Å²) in [5.74, 6) is -0.649. The number of nitrogen functional groups attached to an aromatic ring is 1. The maximum absolute atomic E-state index is 13.1. The van der Waals surface area contributed by atoms with E-state index in [1.807, 2.05) is 6.07 Å². The van der Waals surface area contributed by atoms with Crippen LogP contribution in [0.5, 0.6) is 0 Å². The molecule has 0 aliphatic heterocycles. The number of anilines is 1. The zero-order valence-corrected chi connectivity index (χ0v) is 11.4. The van der Waals surface area contributed by atoms with E-state index in [0.29, 0.717) is 6.42 Å². The predicted molar refractivity (Wildman–Crippen MR) is 73.9 cm³/mol. The molecule has 0 radical (unpaired) electrons. The highest BCUT2D eigenvalue weighted by Gasteiger charge is 2.17. The van der Waals surface area contributed by atoms with E-state index < -0.39 is 15.8 Å². The lowest BCUT2D eigenvalue weighted by atomic mass is 10.3. The highest BCUT2D eigenvalue weighted by molar-refractivity contribution is 7.89. The lowest BCUT2D eigenvalue weighted by Gasteiger charge is -2.09. The van der Waals surface area contributed by atoms with E-state index in [-0.39, 0.29) is 17.1 Å². The second-order valence-electron chi connectivity index (χ2n) is 4.15. The first-order chi connectivity index (χ1) is 9.49. The summed E-state index contributed by atoms with van der Waals surface area (Å²) in [6.07, 6.45) is 2.07. The van der Waals surface area contributed by atoms with Gasteiger partial charge in [0.2, 0.25) is 10.0 Å². The van der Waals surface area contributed by atoms with Crippen molar-refractivity contribution in [1.82, 2.24) is 9.71 Å². The molecule has 0 saturated carbocycles. The van der Waals surface area contributed by atoms with Crippen LogP contribution in [0.2, 0.25) is 0 Å². The zero-order chi connectivity index (χ0) is 14.6. The molecular weight excluding hydrogens is 281 g/mol. The molecule has 1 aromatic heterocycles. The Morgan fingerprint density at radius 1 is 1.25 bits per heavy atom. The lowest BCUT2D eigenvalue weighted by Crippen LogP contribution is -2.27. The molecule has 2 rings (SSSR count). The minimum absolute atomic E-state index is 0.0109. The van der Waals surface area contributed by atoms with E-state index >= 15 is 0 Å². The molecule has 0 fully saturated rings. The third kappa shape index (κ3) is 3.52. The van der Waals surface area contributed by atoms with Crippen molar-refractivity contribution < 1.29 is 12.8 Å². The van der Waals surface area contributed by atoms with Gasteiger partial charge in [0, 0.05) is 24.9 Å². The summed E-state index contributed by atoms with van der Waals surface area (Å²) >= 11 is 0. The maximum Gasteiger partial charge on any atom is 0.242 e. The second-order valence-corrected chi connectivity index (χ2v) is 5.89. The van der Waals surface area contributed by atoms with Crippen molar-refractivity contribution in [3.63, 3.8) is 0 Å². The summed E-state index contributed by atoms with van der Waals surface area (Å²) in [6.45, 7) is 0.162. The van der Waals surface area contributed by atoms with Crippen molar-refractivity contribution >= 4 is 15.7 Å². The molecule has 0 unspecified atom stereocenters. The quantitative estimate of drug-likeness (QED) is 0.815. The van der Waals surface area contributed by atoms with E-state index in [4.69, 9.17) is 5.73 Å². The third-order valence-electron chi connectivity index (χ3n) is 2.66. The van der Waals surface area contributed by atoms with Crippen molar-refractivity contribution in [2.24, 2.45) is 0 Å². The van der Waals surface area contributed by atoms with E-state index in [1.54, 1.807) is 18.3 Å². The van der Waals surface area contributed by atoms with Crippen LogP contribution in [0.4, 0.5) is 10.1 Å². The van der Waals surface area contributed by atoms with Crippen LogP contribution in [0.3, 0.4) is 0 Å². The maximum atomic E-state index is 13.1. The summed E-state index contributed by atoms with van der Waals surface area (Å²) in [7, 11) is -3.83. The summed E-state index contributed by atoms with van der Waals surface area (Å²) < 4.78 is 39.5. The van der Waals surface area contributed by atoms with Crippen LogP contribution < -0.4 is 10.5 Å². The Morgan fingerprint density at radius 2 is 2.05 bits per heavy atom. The van der Waals surface area contributed by atoms with Crippen LogP contribution in [0.15, 0.2) is 47.5 Å². The van der Waals surface area contributed by atoms with Gasteiger partial charge in [0.05, 0.1) is 5.69 Å². The Bertz CT molecular complexity index is 690. The first-order valence-electron chi connectivity index (χ1n) is 5.93. The summed E-state index contributed by atoms with van der Waals surface area (Å²) in [6, 6.07) is 8.64. The van der Waals surface area contributed by atoms with Crippen LogP contribution >= 0.6 is 0 Å². The van der Waals surface area contributed by atoms with E-state index in [1.165, 1.54) is 6.07 Å². The largest absolute Gasteiger partial charge is 0.398 e. The van der Waals surface area contributed by atoms with E-state index in [9.17, 15) is 12.8 Å². The SMILES string of the molecule is Nc1ccc(F)cc1S(=O)(=O)NCCc1ccccn1. The van der Waals surface area contributed by atoms with Gasteiger partial charge < -0.3 is 5.73 Å². The number of nitrogens with one attached hydrogen (secondary N) is 1. The first kappa shape index (κ1) is 14.4. The van der Waals surface area contributed by atoms with Crippen LogP contribution in [0.25, 0.3) is 0 Å². The second kappa shape index (κ2) is 5.98. The van der Waals surface area contributed by atoms with Crippen LogP contribution in [0.1, 0.15) is 5.69 Å². The Kier molecular flexibility index (Phi) is 4.31. The van der Waals surface area contributed by atoms with Crippen molar-refractivity contribution in [3.8, 4) is 0 Å². The van der Waals surface area contributed by atoms with E-state index in [2.05, 4.69) is 9.71 Å². The molecule has 0 aliphatic rings. The average Bonchev–Trinajstić information content (AvgIpc) is 2.42. The monoisotopic (exact) mass is 295 g/mol. The fraction of sp³-hybridized carbons (Fsp3) is 0.154. The molecule has 106 valence electrons. The molecule has 5 nitrogen and oxygen atoms in total. The molecule has 0 bridgehead atoms. The summed E-state index contributed by atoms with van der Waals surface area (Å²) in [4.78, 5) is 3.83. The smallest absolute Gasteiger partial charge is 0.242 e. The molecule has 1 aromatic carbocycles. The molecule has 2 aromatic rings. The van der Waals surface area contributed by atoms with Gasteiger partial charge in [-0.05, 0) is 30.3 Å². The van der Waals surface area contributed by atoms with Crippen molar-refractivity contribution in [2.45, 2.75) is 11.3 Å². The predicted octanol–water partition coefficient (Wildman–Crippen LogP) is 1.32. The van der Waals surface area contributed by atoms with Crippen molar-refractivity contribution in [1.29, 1.82) is 0 Å². The molecule has 0 saturated heterocycles. The number of nitrogens with two attached hydrogens (primary N) is 1. The highest BCUT2D eigenvalue weighted by atomic mass is 32.2. The van der Waals surface area contributed by atoms with Gasteiger partial charge in [-0.3, -0.25) is 4.98 Å². The minimum atomic E-state index is -3.83. The molecule has 0 atom stereocenters. The van der Waals surface area contributed by atoms with Crippen molar-refractivity contribution in [3.05, 3.63) is 54.1 Å². The number of sulfonamides is 1. The number of benzene rings is 1. The fourth-order valence-electron chi connectivity index (χ4n) is 1.68. The van der Waals surface area contributed by atoms with Gasteiger partial charge in [-0.1, -0.05) is 6.07 Å². The number of rotatable bonds is 5. The molecule has 0 amide bonds. The van der Waals surface area contributed by atoms with Crippen LogP contribution in [-0.2, 0) is 16.4 Å². The van der Waals surface area contributed by atoms with Gasteiger partial charge in [0.15, 0.2) is 0 Å². The zero-order valence-electron chi connectivity index (χ0n) is 10.6. The fourth-order valence-corrected chi connectivity index (χ4v) is 2.85. The number of hydrogen-bond donors (Lipinski definition) is 2. The highest BCUT2D eigenvalue weighted by Crippen LogP contribution is 2.18. The Labute approximate surface area is 116 Å². The van der Waals surface area contributed by atoms with E-state index in [0.717, 1.165) is 17.8 Å².